The van der Waals surface area contributed by atoms with Gasteiger partial charge in [0.15, 0.2) is 0 Å². The maximum Gasteiger partial charge on any atom is 0.314 e. The topological polar surface area (TPSA) is 78.4 Å². The Morgan fingerprint density at radius 2 is 2.00 bits per heavy atom. The third-order valence-corrected chi connectivity index (χ3v) is 2.45. The first-order valence-electron chi connectivity index (χ1n) is 6.30. The minimum atomic E-state index is -0.825. The summed E-state index contributed by atoms with van der Waals surface area (Å²) >= 11 is 0. The molecule has 0 spiro atoms. The van der Waals surface area contributed by atoms with Crippen molar-refractivity contribution in [2.45, 2.75) is 33.1 Å². The largest absolute Gasteiger partial charge is 0.481 e. The monoisotopic (exact) mass is 256 g/mol. The minimum absolute atomic E-state index is 0.0207. The van der Waals surface area contributed by atoms with E-state index >= 15 is 0 Å². The molecule has 0 aromatic rings. The van der Waals surface area contributed by atoms with Gasteiger partial charge in [0.25, 0.3) is 0 Å². The van der Waals surface area contributed by atoms with E-state index in [0.717, 1.165) is 12.8 Å². The number of rotatable bonds is 9. The van der Waals surface area contributed by atoms with Gasteiger partial charge in [0.05, 0.1) is 0 Å². The Morgan fingerprint density at radius 1 is 1.33 bits per heavy atom. The lowest BCUT2D eigenvalue weighted by Gasteiger charge is -2.17. The summed E-state index contributed by atoms with van der Waals surface area (Å²) in [5.41, 5.74) is 0. The lowest BCUT2D eigenvalue weighted by molar-refractivity contribution is -0.138. The molecule has 0 saturated carbocycles. The fourth-order valence-corrected chi connectivity index (χ4v) is 1.74. The van der Waals surface area contributed by atoms with Gasteiger partial charge in [0.1, 0.15) is 0 Å². The van der Waals surface area contributed by atoms with Crippen molar-refractivity contribution in [1.82, 2.24) is 10.6 Å². The number of hydrogen-bond donors (Lipinski definition) is 3. The molecule has 5 heteroatoms. The van der Waals surface area contributed by atoms with E-state index in [0.29, 0.717) is 19.0 Å². The highest BCUT2D eigenvalue weighted by Gasteiger charge is 2.15. The molecule has 0 heterocycles. The van der Waals surface area contributed by atoms with Crippen LogP contribution in [0.5, 0.6) is 0 Å². The molecule has 0 aromatic carbocycles. The molecular weight excluding hydrogens is 232 g/mol. The summed E-state index contributed by atoms with van der Waals surface area (Å²) in [5.74, 6) is -0.429. The van der Waals surface area contributed by atoms with Gasteiger partial charge in [-0.1, -0.05) is 19.9 Å². The zero-order chi connectivity index (χ0) is 14.0. The highest BCUT2D eigenvalue weighted by Crippen LogP contribution is 2.14. The molecule has 0 fully saturated rings. The van der Waals surface area contributed by atoms with Crippen molar-refractivity contribution in [3.05, 3.63) is 12.7 Å². The van der Waals surface area contributed by atoms with Crippen LogP contribution in [0.4, 0.5) is 4.79 Å². The Kier molecular flexibility index (Phi) is 8.70. The van der Waals surface area contributed by atoms with Gasteiger partial charge in [0.2, 0.25) is 0 Å². The van der Waals surface area contributed by atoms with Gasteiger partial charge >= 0.3 is 12.0 Å². The summed E-state index contributed by atoms with van der Waals surface area (Å²) in [7, 11) is 0. The molecule has 0 rings (SSSR count). The third-order valence-electron chi connectivity index (χ3n) is 2.45. The van der Waals surface area contributed by atoms with Crippen LogP contribution < -0.4 is 10.6 Å². The van der Waals surface area contributed by atoms with E-state index in [2.05, 4.69) is 17.2 Å². The molecule has 3 N–H and O–H groups in total. The normalized spacial score (nSPS) is 11.9. The van der Waals surface area contributed by atoms with Crippen LogP contribution in [0.2, 0.25) is 0 Å². The average molecular weight is 256 g/mol. The summed E-state index contributed by atoms with van der Waals surface area (Å²) < 4.78 is 0. The molecule has 1 atom stereocenters. The van der Waals surface area contributed by atoms with E-state index in [-0.39, 0.29) is 18.4 Å². The van der Waals surface area contributed by atoms with Crippen molar-refractivity contribution in [2.75, 3.05) is 13.1 Å². The quantitative estimate of drug-likeness (QED) is 0.436. The summed E-state index contributed by atoms with van der Waals surface area (Å²) in [6.07, 6.45) is 3.33. The predicted molar refractivity (Wildman–Crippen MR) is 71.4 cm³/mol. The van der Waals surface area contributed by atoms with Gasteiger partial charge in [-0.3, -0.25) is 4.79 Å². The Hall–Kier alpha value is -1.52. The lowest BCUT2D eigenvalue weighted by Crippen LogP contribution is -2.39. The molecule has 0 aromatic heterocycles. The predicted octanol–water partition coefficient (Wildman–Crippen LogP) is 2.00. The van der Waals surface area contributed by atoms with Crippen LogP contribution >= 0.6 is 0 Å². The van der Waals surface area contributed by atoms with Crippen molar-refractivity contribution in [3.8, 4) is 0 Å². The molecule has 1 unspecified atom stereocenters. The van der Waals surface area contributed by atoms with Gasteiger partial charge in [-0.05, 0) is 24.7 Å². The molecule has 0 bridgehead atoms. The molecule has 0 saturated heterocycles. The van der Waals surface area contributed by atoms with Crippen molar-refractivity contribution in [1.29, 1.82) is 0 Å². The second-order valence-corrected chi connectivity index (χ2v) is 4.81. The fraction of sp³-hybridized carbons (Fsp3) is 0.692. The van der Waals surface area contributed by atoms with Crippen molar-refractivity contribution < 1.29 is 14.7 Å². The highest BCUT2D eigenvalue weighted by molar-refractivity contribution is 5.74. The van der Waals surface area contributed by atoms with Gasteiger partial charge < -0.3 is 15.7 Å². The summed E-state index contributed by atoms with van der Waals surface area (Å²) in [6, 6.07) is -0.254. The number of carbonyl (C=O) groups excluding carboxylic acids is 1. The van der Waals surface area contributed by atoms with E-state index in [1.807, 2.05) is 13.8 Å². The van der Waals surface area contributed by atoms with Crippen LogP contribution in [0.15, 0.2) is 12.7 Å². The smallest absolute Gasteiger partial charge is 0.314 e. The number of carboxylic acids is 1. The maximum atomic E-state index is 11.4. The highest BCUT2D eigenvalue weighted by atomic mass is 16.4. The number of carboxylic acid groups (broad SMARTS) is 1. The van der Waals surface area contributed by atoms with Crippen molar-refractivity contribution in [2.24, 2.45) is 11.8 Å². The van der Waals surface area contributed by atoms with Crippen molar-refractivity contribution >= 4 is 12.0 Å². The Balaban J connectivity index is 3.96. The van der Waals surface area contributed by atoms with Crippen LogP contribution in [-0.2, 0) is 4.79 Å². The van der Waals surface area contributed by atoms with Crippen LogP contribution in [0, 0.1) is 11.8 Å². The van der Waals surface area contributed by atoms with E-state index in [1.54, 1.807) is 6.08 Å². The molecule has 0 aliphatic rings. The van der Waals surface area contributed by atoms with Crippen LogP contribution in [0.25, 0.3) is 0 Å². The van der Waals surface area contributed by atoms with Crippen LogP contribution in [0.1, 0.15) is 33.1 Å². The zero-order valence-corrected chi connectivity index (χ0v) is 11.2. The Bertz CT molecular complexity index is 277. The van der Waals surface area contributed by atoms with E-state index < -0.39 is 5.97 Å². The number of carbonyl (C=O) groups is 2. The standard InChI is InChI=1S/C13H24N2O3/c1-4-5-6-14-13(18)15-9-11(7-10(2)3)8-12(16)17/h4,10-11H,1,5-9H2,2-3H3,(H,16,17)(H2,14,15,18). The molecule has 0 aliphatic carbocycles. The second-order valence-electron chi connectivity index (χ2n) is 4.81. The number of urea groups is 1. The number of amides is 2. The number of hydrogen-bond acceptors (Lipinski definition) is 2. The van der Waals surface area contributed by atoms with E-state index in [4.69, 9.17) is 5.11 Å². The Morgan fingerprint density at radius 3 is 2.50 bits per heavy atom. The SMILES string of the molecule is C=CCCNC(=O)NCC(CC(=O)O)CC(C)C. The summed E-state index contributed by atoms with van der Waals surface area (Å²) in [5, 5.41) is 14.2. The Labute approximate surface area is 109 Å². The number of aliphatic carboxylic acids is 1. The summed E-state index contributed by atoms with van der Waals surface area (Å²) in [6.45, 7) is 8.58. The maximum absolute atomic E-state index is 11.4. The van der Waals surface area contributed by atoms with Gasteiger partial charge in [-0.2, -0.15) is 0 Å². The van der Waals surface area contributed by atoms with E-state index in [9.17, 15) is 9.59 Å². The van der Waals surface area contributed by atoms with Crippen molar-refractivity contribution in [3.63, 3.8) is 0 Å². The number of nitrogens with one attached hydrogen (secondary N) is 2. The molecule has 18 heavy (non-hydrogen) atoms. The van der Waals surface area contributed by atoms with Gasteiger partial charge in [-0.25, -0.2) is 4.79 Å². The first kappa shape index (κ1) is 16.5. The second kappa shape index (κ2) is 9.50. The average Bonchev–Trinajstić information content (AvgIpc) is 2.25. The first-order chi connectivity index (χ1) is 8.45. The van der Waals surface area contributed by atoms with Gasteiger partial charge in [-0.15, -0.1) is 6.58 Å². The minimum Gasteiger partial charge on any atom is -0.481 e. The summed E-state index contributed by atoms with van der Waals surface area (Å²) in [4.78, 5) is 22.1. The van der Waals surface area contributed by atoms with E-state index in [1.165, 1.54) is 0 Å². The van der Waals surface area contributed by atoms with Gasteiger partial charge in [0, 0.05) is 19.5 Å². The third kappa shape index (κ3) is 9.69. The molecular formula is C13H24N2O3. The first-order valence-corrected chi connectivity index (χ1v) is 6.30. The van der Waals surface area contributed by atoms with Crippen LogP contribution in [-0.4, -0.2) is 30.2 Å². The molecule has 0 radical (unpaired) electrons. The molecule has 104 valence electrons. The van der Waals surface area contributed by atoms with Crippen LogP contribution in [0.3, 0.4) is 0 Å². The molecule has 2 amide bonds. The molecule has 5 nitrogen and oxygen atoms in total. The molecule has 0 aliphatic heterocycles. The fourth-order valence-electron chi connectivity index (χ4n) is 1.74. The zero-order valence-electron chi connectivity index (χ0n) is 11.2. The lowest BCUT2D eigenvalue weighted by atomic mass is 9.94.